The molecule has 0 aliphatic heterocycles. The Bertz CT molecular complexity index is 2220. The van der Waals surface area contributed by atoms with Crippen molar-refractivity contribution in [2.75, 3.05) is 0 Å². The molecule has 0 aliphatic rings. The predicted molar refractivity (Wildman–Crippen MR) is 181 cm³/mol. The minimum Gasteiger partial charge on any atom is -0.309 e. The van der Waals surface area contributed by atoms with Gasteiger partial charge in [-0.1, -0.05) is 107 Å². The standard InChI is InChI=1S/C38H24BrN5/c39-30-22-29(23-31(24-30)44-34-12-6-4-10-32(34)33-11-5-7-13-35(33)44)38-42-36(41-37(43-38)28-18-20-40-21-19-28)27-16-14-26(15-17-27)25-8-2-1-3-9-25/h1-24H. The summed E-state index contributed by atoms with van der Waals surface area (Å²) in [5, 5.41) is 2.43. The third-order valence-electron chi connectivity index (χ3n) is 7.80. The first-order valence-corrected chi connectivity index (χ1v) is 15.1. The first kappa shape index (κ1) is 26.2. The van der Waals surface area contributed by atoms with Crippen molar-refractivity contribution in [1.82, 2.24) is 24.5 Å². The van der Waals surface area contributed by atoms with Crippen LogP contribution < -0.4 is 0 Å². The number of rotatable bonds is 5. The van der Waals surface area contributed by atoms with Gasteiger partial charge in [-0.05, 0) is 53.6 Å². The third kappa shape index (κ3) is 4.75. The van der Waals surface area contributed by atoms with E-state index in [0.29, 0.717) is 17.5 Å². The summed E-state index contributed by atoms with van der Waals surface area (Å²) < 4.78 is 3.24. The summed E-state index contributed by atoms with van der Waals surface area (Å²) in [4.78, 5) is 19.1. The van der Waals surface area contributed by atoms with Crippen LogP contribution in [-0.2, 0) is 0 Å². The number of pyridine rings is 1. The molecule has 3 heterocycles. The van der Waals surface area contributed by atoms with Crippen LogP contribution in [-0.4, -0.2) is 24.5 Å². The van der Waals surface area contributed by atoms with E-state index < -0.39 is 0 Å². The van der Waals surface area contributed by atoms with Crippen LogP contribution >= 0.6 is 15.9 Å². The van der Waals surface area contributed by atoms with Crippen LogP contribution in [0.3, 0.4) is 0 Å². The van der Waals surface area contributed by atoms with Gasteiger partial charge in [0.05, 0.1) is 11.0 Å². The molecule has 8 rings (SSSR count). The molecule has 208 valence electrons. The average Bonchev–Trinajstić information content (AvgIpc) is 3.43. The van der Waals surface area contributed by atoms with Gasteiger partial charge in [0.25, 0.3) is 0 Å². The monoisotopic (exact) mass is 629 g/mol. The van der Waals surface area contributed by atoms with E-state index in [4.69, 9.17) is 15.0 Å². The van der Waals surface area contributed by atoms with E-state index in [1.54, 1.807) is 12.4 Å². The fraction of sp³-hybridized carbons (Fsp3) is 0. The van der Waals surface area contributed by atoms with Crippen molar-refractivity contribution in [3.8, 4) is 51.0 Å². The number of fused-ring (bicyclic) bond motifs is 3. The maximum atomic E-state index is 5.02. The van der Waals surface area contributed by atoms with E-state index in [0.717, 1.165) is 43.4 Å². The second kappa shape index (κ2) is 11.0. The van der Waals surface area contributed by atoms with Gasteiger partial charge in [-0.15, -0.1) is 0 Å². The van der Waals surface area contributed by atoms with E-state index in [-0.39, 0.29) is 0 Å². The second-order valence-electron chi connectivity index (χ2n) is 10.6. The Hall–Kier alpha value is -5.46. The van der Waals surface area contributed by atoms with E-state index in [9.17, 15) is 0 Å². The highest BCUT2D eigenvalue weighted by Crippen LogP contribution is 2.35. The minimum atomic E-state index is 0.595. The van der Waals surface area contributed by atoms with Crippen LogP contribution in [0.25, 0.3) is 72.8 Å². The van der Waals surface area contributed by atoms with Gasteiger partial charge in [0, 0.05) is 50.0 Å². The Labute approximate surface area is 262 Å². The topological polar surface area (TPSA) is 56.5 Å². The number of halogens is 1. The molecule has 0 N–H and O–H groups in total. The van der Waals surface area contributed by atoms with Gasteiger partial charge in [0.1, 0.15) is 0 Å². The first-order chi connectivity index (χ1) is 21.7. The van der Waals surface area contributed by atoms with Gasteiger partial charge < -0.3 is 4.57 Å². The smallest absolute Gasteiger partial charge is 0.164 e. The Morgan fingerprint density at radius 3 is 1.57 bits per heavy atom. The maximum Gasteiger partial charge on any atom is 0.164 e. The highest BCUT2D eigenvalue weighted by molar-refractivity contribution is 9.10. The van der Waals surface area contributed by atoms with E-state index in [1.807, 2.05) is 30.3 Å². The number of hydrogen-bond donors (Lipinski definition) is 0. The second-order valence-corrected chi connectivity index (χ2v) is 11.5. The molecule has 5 nitrogen and oxygen atoms in total. The average molecular weight is 631 g/mol. The molecular formula is C38H24BrN5. The molecule has 0 fully saturated rings. The van der Waals surface area contributed by atoms with E-state index in [1.165, 1.54) is 16.3 Å². The number of aromatic nitrogens is 5. The van der Waals surface area contributed by atoms with Crippen molar-refractivity contribution in [2.45, 2.75) is 0 Å². The number of para-hydroxylation sites is 2. The van der Waals surface area contributed by atoms with Crippen molar-refractivity contribution < 1.29 is 0 Å². The molecule has 0 unspecified atom stereocenters. The van der Waals surface area contributed by atoms with Gasteiger partial charge in [-0.2, -0.15) is 0 Å². The molecule has 5 aromatic carbocycles. The Kier molecular flexibility index (Phi) is 6.54. The maximum absolute atomic E-state index is 5.02. The van der Waals surface area contributed by atoms with Crippen LogP contribution in [0.4, 0.5) is 0 Å². The molecule has 0 bridgehead atoms. The van der Waals surface area contributed by atoms with Crippen LogP contribution in [0, 0.1) is 0 Å². The lowest BCUT2D eigenvalue weighted by molar-refractivity contribution is 1.07. The van der Waals surface area contributed by atoms with Crippen LogP contribution in [0.5, 0.6) is 0 Å². The van der Waals surface area contributed by atoms with Crippen LogP contribution in [0.1, 0.15) is 0 Å². The van der Waals surface area contributed by atoms with Crippen molar-refractivity contribution >= 4 is 37.7 Å². The lowest BCUT2D eigenvalue weighted by Gasteiger charge is -2.12. The van der Waals surface area contributed by atoms with Gasteiger partial charge in [0.2, 0.25) is 0 Å². The molecular weight excluding hydrogens is 606 g/mol. The fourth-order valence-electron chi connectivity index (χ4n) is 5.74. The first-order valence-electron chi connectivity index (χ1n) is 14.3. The molecule has 8 aromatic rings. The fourth-order valence-corrected chi connectivity index (χ4v) is 6.22. The van der Waals surface area contributed by atoms with Gasteiger partial charge in [-0.25, -0.2) is 15.0 Å². The molecule has 44 heavy (non-hydrogen) atoms. The molecule has 3 aromatic heterocycles. The number of benzene rings is 5. The zero-order valence-corrected chi connectivity index (χ0v) is 25.1. The van der Waals surface area contributed by atoms with Crippen molar-refractivity contribution in [2.24, 2.45) is 0 Å². The lowest BCUT2D eigenvalue weighted by atomic mass is 10.0. The van der Waals surface area contributed by atoms with Crippen LogP contribution in [0.2, 0.25) is 0 Å². The molecule has 0 spiro atoms. The summed E-state index contributed by atoms with van der Waals surface area (Å²) in [6, 6.07) is 45.9. The zero-order valence-electron chi connectivity index (χ0n) is 23.5. The molecule has 0 saturated heterocycles. The van der Waals surface area contributed by atoms with Gasteiger partial charge in [0.15, 0.2) is 17.5 Å². The highest BCUT2D eigenvalue weighted by atomic mass is 79.9. The zero-order chi connectivity index (χ0) is 29.5. The molecule has 0 aliphatic carbocycles. The highest BCUT2D eigenvalue weighted by Gasteiger charge is 2.16. The van der Waals surface area contributed by atoms with Crippen molar-refractivity contribution in [3.05, 3.63) is 150 Å². The minimum absolute atomic E-state index is 0.595. The van der Waals surface area contributed by atoms with Gasteiger partial charge >= 0.3 is 0 Å². The molecule has 6 heteroatoms. The molecule has 0 amide bonds. The largest absolute Gasteiger partial charge is 0.309 e. The SMILES string of the molecule is Brc1cc(-c2nc(-c3ccncc3)nc(-c3ccc(-c4ccccc4)cc3)n2)cc(-n2c3ccccc3c3ccccc32)c1. The van der Waals surface area contributed by atoms with Crippen LogP contribution in [0.15, 0.2) is 150 Å². The Morgan fingerprint density at radius 1 is 0.432 bits per heavy atom. The normalized spacial score (nSPS) is 11.3. The van der Waals surface area contributed by atoms with Gasteiger partial charge in [-0.3, -0.25) is 4.98 Å². The summed E-state index contributed by atoms with van der Waals surface area (Å²) >= 11 is 3.79. The molecule has 0 radical (unpaired) electrons. The summed E-state index contributed by atoms with van der Waals surface area (Å²) in [5.74, 6) is 1.80. The summed E-state index contributed by atoms with van der Waals surface area (Å²) in [6.07, 6.45) is 3.51. The van der Waals surface area contributed by atoms with Crippen molar-refractivity contribution in [3.63, 3.8) is 0 Å². The number of hydrogen-bond acceptors (Lipinski definition) is 4. The molecule has 0 saturated carbocycles. The lowest BCUT2D eigenvalue weighted by Crippen LogP contribution is -2.01. The Balaban J connectivity index is 1.30. The van der Waals surface area contributed by atoms with Crippen molar-refractivity contribution in [1.29, 1.82) is 0 Å². The summed E-state index contributed by atoms with van der Waals surface area (Å²) in [6.45, 7) is 0. The Morgan fingerprint density at radius 2 is 0.932 bits per heavy atom. The number of nitrogens with zero attached hydrogens (tertiary/aromatic N) is 5. The predicted octanol–water partition coefficient (Wildman–Crippen LogP) is 9.79. The summed E-state index contributed by atoms with van der Waals surface area (Å²) in [7, 11) is 0. The molecule has 0 atom stereocenters. The summed E-state index contributed by atoms with van der Waals surface area (Å²) in [5.41, 5.74) is 8.29. The van der Waals surface area contributed by atoms with E-state index in [2.05, 4.69) is 129 Å². The van der Waals surface area contributed by atoms with E-state index >= 15 is 0 Å². The quantitative estimate of drug-likeness (QED) is 0.190. The third-order valence-corrected chi connectivity index (χ3v) is 8.26.